The van der Waals surface area contributed by atoms with E-state index in [1.54, 1.807) is 6.92 Å². The fourth-order valence-corrected chi connectivity index (χ4v) is 1.85. The first-order valence-corrected chi connectivity index (χ1v) is 4.93. The molecule has 0 aromatic carbocycles. The molecule has 1 unspecified atom stereocenters. The van der Waals surface area contributed by atoms with Crippen LogP contribution in [0.1, 0.15) is 20.3 Å². The third-order valence-corrected chi connectivity index (χ3v) is 2.84. The summed E-state index contributed by atoms with van der Waals surface area (Å²) in [4.78, 5) is 23.4. The maximum Gasteiger partial charge on any atom is 0.317 e. The number of hydrogen-bond acceptors (Lipinski definition) is 3. The van der Waals surface area contributed by atoms with Crippen LogP contribution in [0.4, 0.5) is 0 Å². The molecular weight excluding hydrogens is 192 g/mol. The minimum Gasteiger partial charge on any atom is -0.468 e. The first-order chi connectivity index (χ1) is 6.99. The summed E-state index contributed by atoms with van der Waals surface area (Å²) >= 11 is 0. The number of allylic oxidation sites excluding steroid dienone is 3. The van der Waals surface area contributed by atoms with Crippen molar-refractivity contribution in [1.29, 1.82) is 0 Å². The molecule has 0 aromatic heterocycles. The summed E-state index contributed by atoms with van der Waals surface area (Å²) in [5.74, 6) is -1.41. The van der Waals surface area contributed by atoms with Crippen molar-refractivity contribution in [3.8, 4) is 0 Å². The Morgan fingerprint density at radius 3 is 2.67 bits per heavy atom. The molecule has 1 aliphatic carbocycles. The SMILES string of the molecule is C=C(C)[C@H]1CC=C(C)C(=O)C1C(=O)OC. The van der Waals surface area contributed by atoms with Crippen LogP contribution in [0.2, 0.25) is 0 Å². The van der Waals surface area contributed by atoms with Gasteiger partial charge in [0.25, 0.3) is 0 Å². The third-order valence-electron chi connectivity index (χ3n) is 2.84. The van der Waals surface area contributed by atoms with Gasteiger partial charge in [0.15, 0.2) is 5.78 Å². The zero-order chi connectivity index (χ0) is 11.6. The van der Waals surface area contributed by atoms with Gasteiger partial charge in [-0.25, -0.2) is 0 Å². The molecule has 0 bridgehead atoms. The number of carbonyl (C=O) groups is 2. The summed E-state index contributed by atoms with van der Waals surface area (Å²) < 4.78 is 4.66. The molecule has 3 heteroatoms. The van der Waals surface area contributed by atoms with E-state index in [-0.39, 0.29) is 11.7 Å². The van der Waals surface area contributed by atoms with E-state index in [1.165, 1.54) is 7.11 Å². The molecule has 0 amide bonds. The molecule has 0 aliphatic heterocycles. The summed E-state index contributed by atoms with van der Waals surface area (Å²) in [6, 6.07) is 0. The van der Waals surface area contributed by atoms with Crippen LogP contribution in [-0.2, 0) is 14.3 Å². The molecule has 0 spiro atoms. The Labute approximate surface area is 89.8 Å². The maximum atomic E-state index is 11.8. The smallest absolute Gasteiger partial charge is 0.317 e. The van der Waals surface area contributed by atoms with Crippen molar-refractivity contribution in [2.75, 3.05) is 7.11 Å². The predicted octanol–water partition coefficient (Wildman–Crippen LogP) is 1.89. The Morgan fingerprint density at radius 2 is 2.20 bits per heavy atom. The molecule has 0 radical (unpaired) electrons. The number of ether oxygens (including phenoxy) is 1. The Morgan fingerprint density at radius 1 is 1.60 bits per heavy atom. The van der Waals surface area contributed by atoms with Crippen LogP contribution >= 0.6 is 0 Å². The summed E-state index contributed by atoms with van der Waals surface area (Å²) in [5.41, 5.74) is 1.49. The lowest BCUT2D eigenvalue weighted by atomic mass is 9.76. The number of rotatable bonds is 2. The highest BCUT2D eigenvalue weighted by atomic mass is 16.5. The second kappa shape index (κ2) is 4.43. The van der Waals surface area contributed by atoms with Gasteiger partial charge in [0.05, 0.1) is 7.11 Å². The number of esters is 1. The molecule has 1 rings (SSSR count). The molecule has 0 fully saturated rings. The van der Waals surface area contributed by atoms with Gasteiger partial charge in [0.1, 0.15) is 5.92 Å². The Bertz CT molecular complexity index is 339. The molecular formula is C12H16O3. The van der Waals surface area contributed by atoms with Gasteiger partial charge >= 0.3 is 5.97 Å². The van der Waals surface area contributed by atoms with Crippen molar-refractivity contribution in [2.24, 2.45) is 11.8 Å². The minimum atomic E-state index is -0.697. The first-order valence-electron chi connectivity index (χ1n) is 4.93. The van der Waals surface area contributed by atoms with Gasteiger partial charge in [0.2, 0.25) is 0 Å². The summed E-state index contributed by atoms with van der Waals surface area (Å²) in [6.45, 7) is 7.38. The molecule has 1 aliphatic rings. The first kappa shape index (κ1) is 11.7. The highest BCUT2D eigenvalue weighted by Crippen LogP contribution is 2.32. The van der Waals surface area contributed by atoms with E-state index in [0.29, 0.717) is 12.0 Å². The highest BCUT2D eigenvalue weighted by molar-refractivity contribution is 6.09. The molecule has 0 aromatic rings. The van der Waals surface area contributed by atoms with Crippen LogP contribution in [0.5, 0.6) is 0 Å². The van der Waals surface area contributed by atoms with Crippen molar-refractivity contribution in [2.45, 2.75) is 20.3 Å². The van der Waals surface area contributed by atoms with Gasteiger partial charge in [-0.3, -0.25) is 9.59 Å². The van der Waals surface area contributed by atoms with E-state index in [0.717, 1.165) is 5.57 Å². The molecule has 0 N–H and O–H groups in total. The predicted molar refractivity (Wildman–Crippen MR) is 57.2 cm³/mol. The fourth-order valence-electron chi connectivity index (χ4n) is 1.85. The van der Waals surface area contributed by atoms with Gasteiger partial charge in [-0.05, 0) is 25.8 Å². The van der Waals surface area contributed by atoms with Gasteiger partial charge < -0.3 is 4.74 Å². The topological polar surface area (TPSA) is 43.4 Å². The van der Waals surface area contributed by atoms with E-state index in [9.17, 15) is 9.59 Å². The summed E-state index contributed by atoms with van der Waals surface area (Å²) in [7, 11) is 1.30. The van der Waals surface area contributed by atoms with Crippen molar-refractivity contribution in [3.63, 3.8) is 0 Å². The van der Waals surface area contributed by atoms with Gasteiger partial charge in [0, 0.05) is 5.92 Å². The van der Waals surface area contributed by atoms with Crippen molar-refractivity contribution in [3.05, 3.63) is 23.8 Å². The zero-order valence-electron chi connectivity index (χ0n) is 9.37. The van der Waals surface area contributed by atoms with Crippen LogP contribution in [0, 0.1) is 11.8 Å². The van der Waals surface area contributed by atoms with Crippen molar-refractivity contribution < 1.29 is 14.3 Å². The van der Waals surface area contributed by atoms with Gasteiger partial charge in [-0.15, -0.1) is 0 Å². The zero-order valence-corrected chi connectivity index (χ0v) is 9.37. The van der Waals surface area contributed by atoms with Crippen LogP contribution in [0.3, 0.4) is 0 Å². The quantitative estimate of drug-likeness (QED) is 0.395. The number of carbonyl (C=O) groups excluding carboxylic acids is 2. The Kier molecular flexibility index (Phi) is 3.45. The lowest BCUT2D eigenvalue weighted by Gasteiger charge is -2.27. The van der Waals surface area contributed by atoms with Crippen LogP contribution in [0.25, 0.3) is 0 Å². The number of Topliss-reactive ketones (excluding diaryl/α,β-unsaturated/α-hetero) is 1. The molecule has 3 nitrogen and oxygen atoms in total. The second-order valence-corrected chi connectivity index (χ2v) is 3.94. The average Bonchev–Trinajstić information content (AvgIpc) is 2.20. The lowest BCUT2D eigenvalue weighted by molar-refractivity contribution is -0.150. The number of ketones is 1. The Balaban J connectivity index is 3.05. The van der Waals surface area contributed by atoms with E-state index in [1.807, 2.05) is 13.0 Å². The minimum absolute atomic E-state index is 0.117. The summed E-state index contributed by atoms with van der Waals surface area (Å²) in [6.07, 6.45) is 2.55. The van der Waals surface area contributed by atoms with Gasteiger partial charge in [-0.2, -0.15) is 0 Å². The van der Waals surface area contributed by atoms with Crippen molar-refractivity contribution in [1.82, 2.24) is 0 Å². The number of hydrogen-bond donors (Lipinski definition) is 0. The van der Waals surface area contributed by atoms with E-state index < -0.39 is 11.9 Å². The lowest BCUT2D eigenvalue weighted by Crippen LogP contribution is -2.35. The second-order valence-electron chi connectivity index (χ2n) is 3.94. The molecule has 15 heavy (non-hydrogen) atoms. The van der Waals surface area contributed by atoms with Gasteiger partial charge in [-0.1, -0.05) is 18.2 Å². The van der Waals surface area contributed by atoms with E-state index in [2.05, 4.69) is 11.3 Å². The third kappa shape index (κ3) is 2.17. The monoisotopic (exact) mass is 208 g/mol. The normalized spacial score (nSPS) is 25.8. The molecule has 0 saturated heterocycles. The van der Waals surface area contributed by atoms with Crippen molar-refractivity contribution >= 4 is 11.8 Å². The van der Waals surface area contributed by atoms with E-state index in [4.69, 9.17) is 0 Å². The number of methoxy groups -OCH3 is 1. The standard InChI is InChI=1S/C12H16O3/c1-7(2)9-6-5-8(3)11(13)10(9)12(14)15-4/h5,9-10H,1,6H2,2-4H3/t9-,10?/m1/s1. The summed E-state index contributed by atoms with van der Waals surface area (Å²) in [5, 5.41) is 0. The molecule has 82 valence electrons. The molecule has 0 saturated carbocycles. The average molecular weight is 208 g/mol. The maximum absolute atomic E-state index is 11.8. The van der Waals surface area contributed by atoms with Crippen LogP contribution < -0.4 is 0 Å². The van der Waals surface area contributed by atoms with Crippen LogP contribution in [-0.4, -0.2) is 18.9 Å². The molecule has 0 heterocycles. The fraction of sp³-hybridized carbons (Fsp3) is 0.500. The highest BCUT2D eigenvalue weighted by Gasteiger charge is 2.38. The largest absolute Gasteiger partial charge is 0.468 e. The molecule has 2 atom stereocenters. The van der Waals surface area contributed by atoms with Crippen LogP contribution in [0.15, 0.2) is 23.8 Å². The Hall–Kier alpha value is -1.38. The van der Waals surface area contributed by atoms with E-state index >= 15 is 0 Å².